The van der Waals surface area contributed by atoms with E-state index in [1.54, 1.807) is 0 Å². The van der Waals surface area contributed by atoms with Crippen LogP contribution in [0.4, 0.5) is 0 Å². The second-order valence-corrected chi connectivity index (χ2v) is 8.84. The molecule has 0 heterocycles. The molecule has 3 aromatic rings. The fourth-order valence-corrected chi connectivity index (χ4v) is 3.75. The highest BCUT2D eigenvalue weighted by atomic mass is 31.1. The van der Waals surface area contributed by atoms with Crippen molar-refractivity contribution in [2.45, 2.75) is 25.9 Å². The van der Waals surface area contributed by atoms with Crippen molar-refractivity contribution in [2.24, 2.45) is 0 Å². The van der Waals surface area contributed by atoms with Crippen molar-refractivity contribution < 1.29 is 0 Å². The second kappa shape index (κ2) is 5.62. The van der Waals surface area contributed by atoms with Gasteiger partial charge in [0.05, 0.1) is 0 Å². The smallest absolute Gasteiger partial charge is 0.0166 e. The molecule has 0 N–H and O–H groups in total. The molecule has 0 saturated carbocycles. The highest BCUT2D eigenvalue weighted by Crippen LogP contribution is 2.30. The van der Waals surface area contributed by atoms with Crippen LogP contribution in [0.25, 0.3) is 21.9 Å². The fourth-order valence-electron chi connectivity index (χ4n) is 2.55. The summed E-state index contributed by atoms with van der Waals surface area (Å²) in [6.07, 6.45) is 0. The lowest BCUT2D eigenvalue weighted by atomic mass is 10.0. The molecule has 21 heavy (non-hydrogen) atoms. The number of benzene rings is 3. The summed E-state index contributed by atoms with van der Waals surface area (Å²) in [5.41, 5.74) is 2.59. The third kappa shape index (κ3) is 3.52. The van der Waals surface area contributed by atoms with Crippen LogP contribution in [-0.4, -0.2) is 5.16 Å². The second-order valence-electron chi connectivity index (χ2n) is 6.51. The monoisotopic (exact) mass is 292 g/mol. The van der Waals surface area contributed by atoms with Gasteiger partial charge in [-0.3, -0.25) is 0 Å². The maximum Gasteiger partial charge on any atom is -0.0166 e. The largest absolute Gasteiger partial charge is 0.0849 e. The van der Waals surface area contributed by atoms with Crippen LogP contribution in [0.3, 0.4) is 0 Å². The lowest BCUT2D eigenvalue weighted by Gasteiger charge is -2.18. The molecule has 1 unspecified atom stereocenters. The van der Waals surface area contributed by atoms with Gasteiger partial charge in [0.25, 0.3) is 0 Å². The Balaban J connectivity index is 1.91. The molecule has 0 nitrogen and oxygen atoms in total. The van der Waals surface area contributed by atoms with Crippen molar-refractivity contribution in [3.63, 3.8) is 0 Å². The molecule has 0 aliphatic rings. The van der Waals surface area contributed by atoms with Crippen molar-refractivity contribution in [1.29, 1.82) is 0 Å². The zero-order chi connectivity index (χ0) is 14.9. The normalized spacial score (nSPS) is 12.3. The van der Waals surface area contributed by atoms with E-state index in [9.17, 15) is 0 Å². The third-order valence-electron chi connectivity index (χ3n) is 3.49. The maximum atomic E-state index is 2.29. The van der Waals surface area contributed by atoms with Gasteiger partial charge < -0.3 is 0 Å². The zero-order valence-corrected chi connectivity index (χ0v) is 13.9. The first-order chi connectivity index (χ1) is 10.0. The van der Waals surface area contributed by atoms with Crippen LogP contribution in [-0.2, 0) is 0 Å². The first-order valence-corrected chi connectivity index (χ1v) is 8.39. The van der Waals surface area contributed by atoms with Gasteiger partial charge in [0.1, 0.15) is 0 Å². The predicted molar refractivity (Wildman–Crippen MR) is 97.1 cm³/mol. The minimum atomic E-state index is 0.366. The average Bonchev–Trinajstić information content (AvgIpc) is 2.46. The van der Waals surface area contributed by atoms with Crippen LogP contribution in [0, 0.1) is 0 Å². The van der Waals surface area contributed by atoms with Crippen LogP contribution in [0.1, 0.15) is 20.8 Å². The number of hydrogen-bond acceptors (Lipinski definition) is 0. The Morgan fingerprint density at radius 3 is 1.95 bits per heavy atom. The molecular weight excluding hydrogens is 271 g/mol. The van der Waals surface area contributed by atoms with E-state index in [2.05, 4.69) is 87.5 Å². The molecule has 0 aliphatic heterocycles. The topological polar surface area (TPSA) is 0 Å². The Labute approximate surface area is 129 Å². The summed E-state index contributed by atoms with van der Waals surface area (Å²) in [4.78, 5) is 0. The SMILES string of the molecule is CC(C)(C)Pc1ccc(-c2ccc3ccccc3c2)cc1. The van der Waals surface area contributed by atoms with Gasteiger partial charge in [-0.15, -0.1) is 0 Å². The lowest BCUT2D eigenvalue weighted by Crippen LogP contribution is -2.10. The van der Waals surface area contributed by atoms with Crippen LogP contribution in [0.15, 0.2) is 66.7 Å². The Morgan fingerprint density at radius 2 is 1.29 bits per heavy atom. The molecular formula is C20H21P. The van der Waals surface area contributed by atoms with Crippen molar-refractivity contribution in [3.8, 4) is 11.1 Å². The standard InChI is InChI=1S/C20H21P/c1-20(2,3)21-19-12-10-16(11-13-19)18-9-8-15-6-4-5-7-17(15)14-18/h4-14,21H,1-3H3. The van der Waals surface area contributed by atoms with Crippen LogP contribution >= 0.6 is 8.58 Å². The van der Waals surface area contributed by atoms with Gasteiger partial charge in [-0.25, -0.2) is 0 Å². The molecule has 0 amide bonds. The third-order valence-corrected chi connectivity index (χ3v) is 4.86. The summed E-state index contributed by atoms with van der Waals surface area (Å²) >= 11 is 0. The van der Waals surface area contributed by atoms with E-state index in [-0.39, 0.29) is 0 Å². The molecule has 0 spiro atoms. The van der Waals surface area contributed by atoms with E-state index in [1.165, 1.54) is 27.2 Å². The maximum absolute atomic E-state index is 2.29. The van der Waals surface area contributed by atoms with E-state index in [0.29, 0.717) is 5.16 Å². The Hall–Kier alpha value is -1.65. The number of rotatable bonds is 2. The molecule has 1 atom stereocenters. The van der Waals surface area contributed by atoms with Gasteiger partial charge in [0.2, 0.25) is 0 Å². The minimum absolute atomic E-state index is 0.366. The van der Waals surface area contributed by atoms with Gasteiger partial charge in [-0.2, -0.15) is 0 Å². The quantitative estimate of drug-likeness (QED) is 0.539. The number of hydrogen-bond donors (Lipinski definition) is 0. The average molecular weight is 292 g/mol. The molecule has 106 valence electrons. The predicted octanol–water partition coefficient (Wildman–Crippen LogP) is 5.61. The van der Waals surface area contributed by atoms with Crippen molar-refractivity contribution in [2.75, 3.05) is 0 Å². The van der Waals surface area contributed by atoms with Crippen LogP contribution in [0.2, 0.25) is 0 Å². The van der Waals surface area contributed by atoms with Crippen molar-refractivity contribution >= 4 is 24.7 Å². The summed E-state index contributed by atoms with van der Waals surface area (Å²) in [7, 11) is 0.852. The molecule has 3 aromatic carbocycles. The van der Waals surface area contributed by atoms with Gasteiger partial charge in [-0.05, 0) is 38.4 Å². The molecule has 0 fully saturated rings. The van der Waals surface area contributed by atoms with E-state index in [0.717, 1.165) is 8.58 Å². The van der Waals surface area contributed by atoms with E-state index >= 15 is 0 Å². The Bertz CT molecular complexity index is 749. The molecule has 0 radical (unpaired) electrons. The molecule has 1 heteroatoms. The minimum Gasteiger partial charge on any atom is -0.0849 e. The number of fused-ring (bicyclic) bond motifs is 1. The first kappa shape index (κ1) is 14.3. The summed E-state index contributed by atoms with van der Waals surface area (Å²) in [5, 5.41) is 4.40. The van der Waals surface area contributed by atoms with E-state index in [1.807, 2.05) is 0 Å². The van der Waals surface area contributed by atoms with E-state index in [4.69, 9.17) is 0 Å². The van der Waals surface area contributed by atoms with Gasteiger partial charge in [0.15, 0.2) is 0 Å². The first-order valence-electron chi connectivity index (χ1n) is 7.39. The molecule has 0 aromatic heterocycles. The molecule has 0 aliphatic carbocycles. The van der Waals surface area contributed by atoms with Crippen molar-refractivity contribution in [3.05, 3.63) is 66.7 Å². The van der Waals surface area contributed by atoms with Crippen molar-refractivity contribution in [1.82, 2.24) is 0 Å². The van der Waals surface area contributed by atoms with Crippen LogP contribution in [0.5, 0.6) is 0 Å². The van der Waals surface area contributed by atoms with Crippen LogP contribution < -0.4 is 5.30 Å². The summed E-state index contributed by atoms with van der Waals surface area (Å²) < 4.78 is 0. The van der Waals surface area contributed by atoms with E-state index < -0.39 is 0 Å². The lowest BCUT2D eigenvalue weighted by molar-refractivity contribution is 0.799. The van der Waals surface area contributed by atoms with Gasteiger partial charge >= 0.3 is 0 Å². The Kier molecular flexibility index (Phi) is 3.83. The Morgan fingerprint density at radius 1 is 0.667 bits per heavy atom. The molecule has 0 bridgehead atoms. The summed E-state index contributed by atoms with van der Waals surface area (Å²) in [6, 6.07) is 24.2. The molecule has 3 rings (SSSR count). The fraction of sp³-hybridized carbons (Fsp3) is 0.200. The van der Waals surface area contributed by atoms with Gasteiger partial charge in [-0.1, -0.05) is 90.0 Å². The molecule has 0 saturated heterocycles. The summed E-state index contributed by atoms with van der Waals surface area (Å²) in [5.74, 6) is 0. The zero-order valence-electron chi connectivity index (χ0n) is 12.9. The highest BCUT2D eigenvalue weighted by molar-refractivity contribution is 7.48. The van der Waals surface area contributed by atoms with Gasteiger partial charge in [0, 0.05) is 0 Å². The summed E-state index contributed by atoms with van der Waals surface area (Å²) in [6.45, 7) is 6.88. The highest BCUT2D eigenvalue weighted by Gasteiger charge is 2.10.